The van der Waals surface area contributed by atoms with Crippen molar-refractivity contribution in [2.45, 2.75) is 44.9 Å². The zero-order chi connectivity index (χ0) is 22.9. The molecular formula is C23H26N2O5S2. The third-order valence-corrected chi connectivity index (χ3v) is 6.47. The molecule has 1 aromatic carbocycles. The molecule has 9 heteroatoms. The third-order valence-electron chi connectivity index (χ3n) is 5.06. The number of aryl methyl sites for hydroxylation is 2. The van der Waals surface area contributed by atoms with Gasteiger partial charge in [0.25, 0.3) is 0 Å². The van der Waals surface area contributed by atoms with Gasteiger partial charge in [-0.05, 0) is 55.4 Å². The fraction of sp³-hybridized carbons (Fsp3) is 0.391. The minimum Gasteiger partial charge on any atom is -0.466 e. The zero-order valence-electron chi connectivity index (χ0n) is 17.9. The first-order chi connectivity index (χ1) is 15.5. The van der Waals surface area contributed by atoms with Crippen molar-refractivity contribution >= 4 is 51.5 Å². The van der Waals surface area contributed by atoms with Gasteiger partial charge in [-0.15, -0.1) is 11.3 Å². The quantitative estimate of drug-likeness (QED) is 0.324. The molecule has 0 unspecified atom stereocenters. The van der Waals surface area contributed by atoms with E-state index in [1.807, 2.05) is 30.3 Å². The fourth-order valence-electron chi connectivity index (χ4n) is 3.53. The summed E-state index contributed by atoms with van der Waals surface area (Å²) in [5.41, 5.74) is 2.67. The molecule has 3 rings (SSSR count). The standard InChI is InChI=1S/C23H26N2O5S2/c1-29-22(28)20-16-10-5-11-17(16)32-21(20)25-23(31)24-18(26)12-13-19(27)30-14-6-9-15-7-3-2-4-8-15/h2-4,7-8H,5-6,9-14H2,1H3,(H2,24,25,26,31). The van der Waals surface area contributed by atoms with E-state index in [9.17, 15) is 14.4 Å². The van der Waals surface area contributed by atoms with Gasteiger partial charge in [-0.25, -0.2) is 4.79 Å². The van der Waals surface area contributed by atoms with Gasteiger partial charge in [0.15, 0.2) is 5.11 Å². The van der Waals surface area contributed by atoms with E-state index in [1.165, 1.54) is 24.0 Å². The van der Waals surface area contributed by atoms with E-state index >= 15 is 0 Å². The lowest BCUT2D eigenvalue weighted by atomic mass is 10.1. The van der Waals surface area contributed by atoms with Gasteiger partial charge in [-0.3, -0.25) is 9.59 Å². The molecule has 0 spiro atoms. The summed E-state index contributed by atoms with van der Waals surface area (Å²) in [6, 6.07) is 9.96. The van der Waals surface area contributed by atoms with Crippen molar-refractivity contribution in [2.24, 2.45) is 0 Å². The molecule has 0 radical (unpaired) electrons. The Balaban J connectivity index is 1.38. The molecule has 0 bridgehead atoms. The Bertz CT molecular complexity index is 988. The smallest absolute Gasteiger partial charge is 0.341 e. The van der Waals surface area contributed by atoms with Gasteiger partial charge < -0.3 is 20.1 Å². The number of ether oxygens (including phenoxy) is 2. The summed E-state index contributed by atoms with van der Waals surface area (Å²) < 4.78 is 10.1. The maximum Gasteiger partial charge on any atom is 0.341 e. The molecule has 0 atom stereocenters. The second-order valence-electron chi connectivity index (χ2n) is 7.36. The highest BCUT2D eigenvalue weighted by molar-refractivity contribution is 7.80. The van der Waals surface area contributed by atoms with Crippen LogP contribution in [0.1, 0.15) is 52.0 Å². The number of benzene rings is 1. The highest BCUT2D eigenvalue weighted by Crippen LogP contribution is 2.39. The minimum atomic E-state index is -0.422. The number of nitrogens with one attached hydrogen (secondary N) is 2. The topological polar surface area (TPSA) is 93.7 Å². The lowest BCUT2D eigenvalue weighted by molar-refractivity contribution is -0.145. The van der Waals surface area contributed by atoms with Crippen molar-refractivity contribution in [3.05, 3.63) is 51.9 Å². The zero-order valence-corrected chi connectivity index (χ0v) is 19.5. The van der Waals surface area contributed by atoms with Crippen LogP contribution in [0.3, 0.4) is 0 Å². The number of carbonyl (C=O) groups excluding carboxylic acids is 3. The average molecular weight is 475 g/mol. The Morgan fingerprint density at radius 3 is 2.66 bits per heavy atom. The summed E-state index contributed by atoms with van der Waals surface area (Å²) in [6.45, 7) is 0.314. The first-order valence-corrected chi connectivity index (χ1v) is 11.7. The van der Waals surface area contributed by atoms with Crippen LogP contribution in [0.2, 0.25) is 0 Å². The molecule has 1 aliphatic carbocycles. The van der Waals surface area contributed by atoms with E-state index < -0.39 is 17.8 Å². The van der Waals surface area contributed by atoms with Gasteiger partial charge in [0, 0.05) is 11.3 Å². The molecule has 1 amide bonds. The molecule has 0 saturated carbocycles. The molecule has 2 aromatic rings. The summed E-state index contributed by atoms with van der Waals surface area (Å²) in [4.78, 5) is 37.3. The van der Waals surface area contributed by atoms with Crippen molar-refractivity contribution in [2.75, 3.05) is 19.0 Å². The minimum absolute atomic E-state index is 0.0273. The Morgan fingerprint density at radius 1 is 1.12 bits per heavy atom. The van der Waals surface area contributed by atoms with E-state index in [0.717, 1.165) is 42.5 Å². The molecule has 0 aliphatic heterocycles. The molecule has 2 N–H and O–H groups in total. The van der Waals surface area contributed by atoms with Gasteiger partial charge in [0.2, 0.25) is 5.91 Å². The third kappa shape index (κ3) is 6.61. The van der Waals surface area contributed by atoms with E-state index in [-0.39, 0.29) is 18.0 Å². The number of hydrogen-bond acceptors (Lipinski definition) is 7. The molecule has 1 heterocycles. The number of hydrogen-bond donors (Lipinski definition) is 2. The van der Waals surface area contributed by atoms with Crippen molar-refractivity contribution < 1.29 is 23.9 Å². The molecule has 0 saturated heterocycles. The van der Waals surface area contributed by atoms with Crippen LogP contribution in [0.15, 0.2) is 30.3 Å². The van der Waals surface area contributed by atoms with Gasteiger partial charge >= 0.3 is 11.9 Å². The van der Waals surface area contributed by atoms with Crippen LogP contribution in [0, 0.1) is 0 Å². The van der Waals surface area contributed by atoms with Crippen LogP contribution < -0.4 is 10.6 Å². The van der Waals surface area contributed by atoms with Crippen LogP contribution in [0.25, 0.3) is 0 Å². The predicted octanol–water partition coefficient (Wildman–Crippen LogP) is 3.79. The van der Waals surface area contributed by atoms with E-state index in [0.29, 0.717) is 17.2 Å². The second-order valence-corrected chi connectivity index (χ2v) is 8.88. The van der Waals surface area contributed by atoms with Gasteiger partial charge in [0.1, 0.15) is 5.00 Å². The molecule has 1 aliphatic rings. The van der Waals surface area contributed by atoms with E-state index in [2.05, 4.69) is 10.6 Å². The highest BCUT2D eigenvalue weighted by Gasteiger charge is 2.27. The number of carbonyl (C=O) groups is 3. The molecular weight excluding hydrogens is 448 g/mol. The van der Waals surface area contributed by atoms with Gasteiger partial charge in [-0.2, -0.15) is 0 Å². The molecule has 7 nitrogen and oxygen atoms in total. The summed E-state index contributed by atoms with van der Waals surface area (Å²) in [5.74, 6) is -1.24. The summed E-state index contributed by atoms with van der Waals surface area (Å²) in [7, 11) is 1.34. The lowest BCUT2D eigenvalue weighted by Crippen LogP contribution is -2.34. The second kappa shape index (κ2) is 11.7. The van der Waals surface area contributed by atoms with Gasteiger partial charge in [-0.1, -0.05) is 30.3 Å². The average Bonchev–Trinajstić information content (AvgIpc) is 3.36. The van der Waals surface area contributed by atoms with Crippen molar-refractivity contribution in [3.8, 4) is 0 Å². The summed E-state index contributed by atoms with van der Waals surface area (Å²) in [6.07, 6.45) is 4.24. The highest BCUT2D eigenvalue weighted by atomic mass is 32.1. The largest absolute Gasteiger partial charge is 0.466 e. The van der Waals surface area contributed by atoms with E-state index in [4.69, 9.17) is 21.7 Å². The fourth-order valence-corrected chi connectivity index (χ4v) is 5.09. The normalized spacial score (nSPS) is 12.0. The number of fused-ring (bicyclic) bond motifs is 1. The molecule has 170 valence electrons. The van der Waals surface area contributed by atoms with E-state index in [1.54, 1.807) is 0 Å². The van der Waals surface area contributed by atoms with Crippen LogP contribution in [0.5, 0.6) is 0 Å². The Kier molecular flexibility index (Phi) is 8.75. The number of amides is 1. The SMILES string of the molecule is COC(=O)c1c(NC(=S)NC(=O)CCC(=O)OCCCc2ccccc2)sc2c1CCC2. The first-order valence-electron chi connectivity index (χ1n) is 10.5. The number of anilines is 1. The van der Waals surface area contributed by atoms with Gasteiger partial charge in [0.05, 0.1) is 25.7 Å². The first kappa shape index (κ1) is 23.9. The van der Waals surface area contributed by atoms with Crippen LogP contribution >= 0.6 is 23.6 Å². The summed E-state index contributed by atoms with van der Waals surface area (Å²) in [5, 5.41) is 6.14. The lowest BCUT2D eigenvalue weighted by Gasteiger charge is -2.10. The molecule has 32 heavy (non-hydrogen) atoms. The Morgan fingerprint density at radius 2 is 1.91 bits per heavy atom. The monoisotopic (exact) mass is 474 g/mol. The number of thiophene rings is 1. The van der Waals surface area contributed by atoms with Crippen molar-refractivity contribution in [3.63, 3.8) is 0 Å². The Labute approximate surface area is 196 Å². The van der Waals surface area contributed by atoms with Crippen molar-refractivity contribution in [1.29, 1.82) is 0 Å². The number of methoxy groups -OCH3 is 1. The Hall–Kier alpha value is -2.78. The number of rotatable bonds is 9. The van der Waals surface area contributed by atoms with Crippen LogP contribution in [0.4, 0.5) is 5.00 Å². The maximum absolute atomic E-state index is 12.2. The molecule has 1 aromatic heterocycles. The predicted molar refractivity (Wildman–Crippen MR) is 127 cm³/mol. The van der Waals surface area contributed by atoms with Crippen LogP contribution in [-0.2, 0) is 38.3 Å². The maximum atomic E-state index is 12.2. The van der Waals surface area contributed by atoms with Crippen LogP contribution in [-0.4, -0.2) is 36.7 Å². The summed E-state index contributed by atoms with van der Waals surface area (Å²) >= 11 is 6.66. The number of thiocarbonyl (C=S) groups is 1. The molecule has 0 fully saturated rings. The van der Waals surface area contributed by atoms with Crippen molar-refractivity contribution in [1.82, 2.24) is 5.32 Å². The number of esters is 2.